The number of aromatic nitrogens is 2. The van der Waals surface area contributed by atoms with Crippen LogP contribution in [0.25, 0.3) is 11.0 Å². The highest BCUT2D eigenvalue weighted by atomic mass is 35.5. The minimum Gasteiger partial charge on any atom is -0.380 e. The molecule has 0 spiro atoms. The van der Waals surface area contributed by atoms with Crippen LogP contribution in [0, 0.1) is 0 Å². The number of fused-ring (bicyclic) bond motifs is 1. The van der Waals surface area contributed by atoms with Crippen LogP contribution in [0.1, 0.15) is 38.5 Å². The van der Waals surface area contributed by atoms with E-state index in [1.807, 2.05) is 12.3 Å². The minimum atomic E-state index is 0.547. The normalized spacial score (nSPS) is 17.8. The molecule has 4 heteroatoms. The number of hydrogen-bond donors (Lipinski definition) is 2. The van der Waals surface area contributed by atoms with Gasteiger partial charge in [0.15, 0.2) is 0 Å². The van der Waals surface area contributed by atoms with Gasteiger partial charge in [0.05, 0.1) is 16.9 Å². The second kappa shape index (κ2) is 5.19. The Kier molecular flexibility index (Phi) is 3.41. The first kappa shape index (κ1) is 11.8. The molecule has 1 aliphatic rings. The molecule has 2 aromatic heterocycles. The van der Waals surface area contributed by atoms with Gasteiger partial charge >= 0.3 is 0 Å². The molecule has 2 N–H and O–H groups in total. The Balaban J connectivity index is 1.88. The summed E-state index contributed by atoms with van der Waals surface area (Å²) in [6.07, 6.45) is 11.5. The summed E-state index contributed by atoms with van der Waals surface area (Å²) in [6.45, 7) is 0. The van der Waals surface area contributed by atoms with Crippen molar-refractivity contribution >= 4 is 28.3 Å². The molecule has 1 saturated carbocycles. The van der Waals surface area contributed by atoms with E-state index < -0.39 is 0 Å². The number of aromatic amines is 1. The molecular formula is C14H18ClN3. The standard InChI is InChI=1S/C14H18ClN3/c15-12-9-17-14-11(7-8-16-14)13(12)18-10-5-3-1-2-4-6-10/h7-10H,1-6H2,(H2,16,17,18). The number of anilines is 1. The zero-order valence-corrected chi connectivity index (χ0v) is 11.1. The summed E-state index contributed by atoms with van der Waals surface area (Å²) in [6, 6.07) is 2.58. The van der Waals surface area contributed by atoms with Gasteiger partial charge in [-0.2, -0.15) is 0 Å². The van der Waals surface area contributed by atoms with Crippen LogP contribution >= 0.6 is 11.6 Å². The molecule has 0 unspecified atom stereocenters. The van der Waals surface area contributed by atoms with Gasteiger partial charge in [0.25, 0.3) is 0 Å². The van der Waals surface area contributed by atoms with Crippen LogP contribution in [0.5, 0.6) is 0 Å². The third-order valence-corrected chi connectivity index (χ3v) is 4.03. The molecule has 0 aromatic carbocycles. The predicted octanol–water partition coefficient (Wildman–Crippen LogP) is 4.35. The number of hydrogen-bond acceptors (Lipinski definition) is 2. The quantitative estimate of drug-likeness (QED) is 0.791. The number of rotatable bonds is 2. The molecule has 18 heavy (non-hydrogen) atoms. The monoisotopic (exact) mass is 263 g/mol. The highest BCUT2D eigenvalue weighted by Gasteiger charge is 2.15. The first-order valence-corrected chi connectivity index (χ1v) is 7.10. The molecule has 0 amide bonds. The van der Waals surface area contributed by atoms with Gasteiger partial charge in [-0.05, 0) is 18.9 Å². The fraction of sp³-hybridized carbons (Fsp3) is 0.500. The van der Waals surface area contributed by atoms with E-state index in [-0.39, 0.29) is 0 Å². The van der Waals surface area contributed by atoms with E-state index in [2.05, 4.69) is 15.3 Å². The van der Waals surface area contributed by atoms with Crippen molar-refractivity contribution in [2.24, 2.45) is 0 Å². The molecule has 0 saturated heterocycles. The third kappa shape index (κ3) is 2.32. The van der Waals surface area contributed by atoms with E-state index >= 15 is 0 Å². The van der Waals surface area contributed by atoms with Crippen molar-refractivity contribution in [1.82, 2.24) is 9.97 Å². The lowest BCUT2D eigenvalue weighted by Crippen LogP contribution is -2.18. The molecule has 0 radical (unpaired) electrons. The van der Waals surface area contributed by atoms with Crippen LogP contribution in [0.2, 0.25) is 5.02 Å². The molecular weight excluding hydrogens is 246 g/mol. The van der Waals surface area contributed by atoms with Gasteiger partial charge in [0.1, 0.15) is 5.65 Å². The summed E-state index contributed by atoms with van der Waals surface area (Å²) in [5.74, 6) is 0. The van der Waals surface area contributed by atoms with E-state index in [4.69, 9.17) is 11.6 Å². The van der Waals surface area contributed by atoms with Gasteiger partial charge in [0.2, 0.25) is 0 Å². The highest BCUT2D eigenvalue weighted by molar-refractivity contribution is 6.34. The van der Waals surface area contributed by atoms with Crippen LogP contribution in [-0.4, -0.2) is 16.0 Å². The molecule has 0 atom stereocenters. The summed E-state index contributed by atoms with van der Waals surface area (Å²) in [5.41, 5.74) is 1.94. The second-order valence-corrected chi connectivity index (χ2v) is 5.46. The van der Waals surface area contributed by atoms with Crippen molar-refractivity contribution in [2.45, 2.75) is 44.6 Å². The first-order valence-electron chi connectivity index (χ1n) is 6.73. The Bertz CT molecular complexity index is 527. The second-order valence-electron chi connectivity index (χ2n) is 5.05. The average Bonchev–Trinajstić information content (AvgIpc) is 2.70. The summed E-state index contributed by atoms with van der Waals surface area (Å²) in [5, 5.41) is 5.43. The maximum atomic E-state index is 6.28. The fourth-order valence-electron chi connectivity index (χ4n) is 2.76. The fourth-order valence-corrected chi connectivity index (χ4v) is 2.96. The van der Waals surface area contributed by atoms with Gasteiger partial charge in [-0.15, -0.1) is 0 Å². The molecule has 96 valence electrons. The predicted molar refractivity (Wildman–Crippen MR) is 76.2 cm³/mol. The maximum absolute atomic E-state index is 6.28. The van der Waals surface area contributed by atoms with Crippen LogP contribution < -0.4 is 5.32 Å². The summed E-state index contributed by atoms with van der Waals surface area (Å²) >= 11 is 6.28. The average molecular weight is 264 g/mol. The maximum Gasteiger partial charge on any atom is 0.139 e. The zero-order chi connectivity index (χ0) is 12.4. The highest BCUT2D eigenvalue weighted by Crippen LogP contribution is 2.31. The number of nitrogens with one attached hydrogen (secondary N) is 2. The molecule has 0 bridgehead atoms. The molecule has 2 aromatic rings. The van der Waals surface area contributed by atoms with Crippen molar-refractivity contribution < 1.29 is 0 Å². The Morgan fingerprint density at radius 1 is 1.22 bits per heavy atom. The van der Waals surface area contributed by atoms with Gasteiger partial charge < -0.3 is 10.3 Å². The SMILES string of the molecule is Clc1cnc2[nH]ccc2c1NC1CCCCCC1. The molecule has 1 aliphatic carbocycles. The Labute approximate surface area is 112 Å². The van der Waals surface area contributed by atoms with E-state index in [0.717, 1.165) is 16.7 Å². The molecule has 3 rings (SSSR count). The number of halogens is 1. The topological polar surface area (TPSA) is 40.7 Å². The van der Waals surface area contributed by atoms with E-state index in [0.29, 0.717) is 11.1 Å². The number of H-pyrrole nitrogens is 1. The Morgan fingerprint density at radius 2 is 2.00 bits per heavy atom. The van der Waals surface area contributed by atoms with Gasteiger partial charge in [-0.3, -0.25) is 0 Å². The van der Waals surface area contributed by atoms with Crippen molar-refractivity contribution in [2.75, 3.05) is 5.32 Å². The smallest absolute Gasteiger partial charge is 0.139 e. The summed E-state index contributed by atoms with van der Waals surface area (Å²) in [4.78, 5) is 7.41. The van der Waals surface area contributed by atoms with Crippen LogP contribution in [0.3, 0.4) is 0 Å². The molecule has 3 nitrogen and oxygen atoms in total. The Hall–Kier alpha value is -1.22. The summed E-state index contributed by atoms with van der Waals surface area (Å²) in [7, 11) is 0. The van der Waals surface area contributed by atoms with E-state index in [1.54, 1.807) is 6.20 Å². The van der Waals surface area contributed by atoms with Crippen molar-refractivity contribution in [3.05, 3.63) is 23.5 Å². The number of pyridine rings is 1. The zero-order valence-electron chi connectivity index (χ0n) is 10.4. The van der Waals surface area contributed by atoms with Gasteiger partial charge in [-0.25, -0.2) is 4.98 Å². The lowest BCUT2D eigenvalue weighted by molar-refractivity contribution is 0.620. The Morgan fingerprint density at radius 3 is 2.78 bits per heavy atom. The van der Waals surface area contributed by atoms with Crippen molar-refractivity contribution in [3.63, 3.8) is 0 Å². The van der Waals surface area contributed by atoms with E-state index in [1.165, 1.54) is 38.5 Å². The van der Waals surface area contributed by atoms with Gasteiger partial charge in [-0.1, -0.05) is 37.3 Å². The van der Waals surface area contributed by atoms with Crippen molar-refractivity contribution in [1.29, 1.82) is 0 Å². The molecule has 0 aliphatic heterocycles. The molecule has 1 fully saturated rings. The lowest BCUT2D eigenvalue weighted by atomic mass is 10.1. The van der Waals surface area contributed by atoms with Gasteiger partial charge in [0, 0.05) is 17.6 Å². The van der Waals surface area contributed by atoms with Crippen molar-refractivity contribution in [3.8, 4) is 0 Å². The summed E-state index contributed by atoms with van der Waals surface area (Å²) < 4.78 is 0. The largest absolute Gasteiger partial charge is 0.380 e. The molecule has 2 heterocycles. The van der Waals surface area contributed by atoms with Crippen LogP contribution in [-0.2, 0) is 0 Å². The van der Waals surface area contributed by atoms with Crippen LogP contribution in [0.4, 0.5) is 5.69 Å². The first-order chi connectivity index (χ1) is 8.84. The van der Waals surface area contributed by atoms with E-state index in [9.17, 15) is 0 Å². The minimum absolute atomic E-state index is 0.547. The number of nitrogens with zero attached hydrogens (tertiary/aromatic N) is 1. The third-order valence-electron chi connectivity index (χ3n) is 3.74. The lowest BCUT2D eigenvalue weighted by Gasteiger charge is -2.19. The van der Waals surface area contributed by atoms with Crippen LogP contribution in [0.15, 0.2) is 18.5 Å².